The zero-order chi connectivity index (χ0) is 19.4. The highest BCUT2D eigenvalue weighted by atomic mass is 16.6. The zero-order valence-corrected chi connectivity index (χ0v) is 16.1. The summed E-state index contributed by atoms with van der Waals surface area (Å²) in [6.07, 6.45) is 1.24. The molecule has 0 bridgehead atoms. The molecular weight excluding hydrogens is 346 g/mol. The van der Waals surface area contributed by atoms with Crippen LogP contribution in [0.15, 0.2) is 29.4 Å². The fourth-order valence-corrected chi connectivity index (χ4v) is 3.43. The van der Waals surface area contributed by atoms with Gasteiger partial charge in [-0.3, -0.25) is 9.59 Å². The van der Waals surface area contributed by atoms with E-state index in [-0.39, 0.29) is 23.8 Å². The van der Waals surface area contributed by atoms with E-state index in [2.05, 4.69) is 10.5 Å². The number of methoxy groups -OCH3 is 1. The molecule has 1 aromatic rings. The number of carbonyl (C=O) groups is 2. The molecule has 1 aromatic carbocycles. The van der Waals surface area contributed by atoms with E-state index in [4.69, 9.17) is 9.57 Å². The first-order valence-electron chi connectivity index (χ1n) is 9.44. The van der Waals surface area contributed by atoms with Crippen LogP contribution < -0.4 is 10.1 Å². The standard InChI is InChI=1S/C20H27N3O4/c1-13(2)21-19(24)15-8-10-23(11-9-15)20(25)18-12-17(22-27-18)14-4-6-16(26-3)7-5-14/h4-7,13,15,18H,8-12H2,1-3H3,(H,21,24). The van der Waals surface area contributed by atoms with Crippen LogP contribution in [0.5, 0.6) is 5.75 Å². The Balaban J connectivity index is 1.50. The normalized spacial score (nSPS) is 20.2. The van der Waals surface area contributed by atoms with Gasteiger partial charge in [0.1, 0.15) is 5.75 Å². The maximum absolute atomic E-state index is 12.7. The number of oxime groups is 1. The summed E-state index contributed by atoms with van der Waals surface area (Å²) in [5.41, 5.74) is 1.69. The second-order valence-electron chi connectivity index (χ2n) is 7.33. The average Bonchev–Trinajstić information content (AvgIpc) is 3.17. The van der Waals surface area contributed by atoms with Crippen molar-refractivity contribution in [2.75, 3.05) is 20.2 Å². The summed E-state index contributed by atoms with van der Waals surface area (Å²) in [6, 6.07) is 7.68. The zero-order valence-electron chi connectivity index (χ0n) is 16.1. The van der Waals surface area contributed by atoms with E-state index in [0.29, 0.717) is 32.4 Å². The van der Waals surface area contributed by atoms with Gasteiger partial charge in [0, 0.05) is 31.5 Å². The molecule has 27 heavy (non-hydrogen) atoms. The highest BCUT2D eigenvalue weighted by Gasteiger charge is 2.35. The number of nitrogens with zero attached hydrogens (tertiary/aromatic N) is 2. The quantitative estimate of drug-likeness (QED) is 0.855. The highest BCUT2D eigenvalue weighted by Crippen LogP contribution is 2.23. The molecule has 1 saturated heterocycles. The van der Waals surface area contributed by atoms with Crippen molar-refractivity contribution in [1.29, 1.82) is 0 Å². The Bertz CT molecular complexity index is 706. The third-order valence-electron chi connectivity index (χ3n) is 4.98. The number of benzene rings is 1. The molecule has 1 N–H and O–H groups in total. The van der Waals surface area contributed by atoms with E-state index in [0.717, 1.165) is 17.0 Å². The second kappa shape index (κ2) is 8.41. The first-order chi connectivity index (χ1) is 13.0. The lowest BCUT2D eigenvalue weighted by Crippen LogP contribution is -2.47. The lowest BCUT2D eigenvalue weighted by molar-refractivity contribution is -0.145. The number of nitrogens with one attached hydrogen (secondary N) is 1. The summed E-state index contributed by atoms with van der Waals surface area (Å²) in [5, 5.41) is 7.05. The van der Waals surface area contributed by atoms with Crippen molar-refractivity contribution in [3.05, 3.63) is 29.8 Å². The molecule has 1 atom stereocenters. The molecule has 146 valence electrons. The number of hydrogen-bond acceptors (Lipinski definition) is 5. The van der Waals surface area contributed by atoms with Gasteiger partial charge in [-0.25, -0.2) is 0 Å². The fourth-order valence-electron chi connectivity index (χ4n) is 3.43. The molecule has 7 nitrogen and oxygen atoms in total. The maximum atomic E-state index is 12.7. The van der Waals surface area contributed by atoms with Crippen LogP contribution in [0.3, 0.4) is 0 Å². The van der Waals surface area contributed by atoms with Crippen LogP contribution in [-0.2, 0) is 14.4 Å². The second-order valence-corrected chi connectivity index (χ2v) is 7.33. The van der Waals surface area contributed by atoms with Crippen molar-refractivity contribution in [3.63, 3.8) is 0 Å². The molecule has 1 unspecified atom stereocenters. The summed E-state index contributed by atoms with van der Waals surface area (Å²) in [6.45, 7) is 5.06. The van der Waals surface area contributed by atoms with Crippen LogP contribution in [0, 0.1) is 5.92 Å². The SMILES string of the molecule is COc1ccc(C2=NOC(C(=O)N3CCC(C(=O)NC(C)C)CC3)C2)cc1. The smallest absolute Gasteiger partial charge is 0.266 e. The van der Waals surface area contributed by atoms with Gasteiger partial charge in [-0.2, -0.15) is 0 Å². The third-order valence-corrected chi connectivity index (χ3v) is 4.98. The maximum Gasteiger partial charge on any atom is 0.266 e. The van der Waals surface area contributed by atoms with Gasteiger partial charge in [0.15, 0.2) is 0 Å². The minimum atomic E-state index is -0.580. The van der Waals surface area contributed by atoms with Gasteiger partial charge in [0.2, 0.25) is 12.0 Å². The molecule has 7 heteroatoms. The van der Waals surface area contributed by atoms with Crippen LogP contribution in [0.1, 0.15) is 38.7 Å². The van der Waals surface area contributed by atoms with Crippen molar-refractivity contribution >= 4 is 17.5 Å². The Kier molecular flexibility index (Phi) is 5.98. The summed E-state index contributed by atoms with van der Waals surface area (Å²) < 4.78 is 5.16. The minimum absolute atomic E-state index is 0.0212. The Labute approximate surface area is 159 Å². The highest BCUT2D eigenvalue weighted by molar-refractivity contribution is 6.04. The van der Waals surface area contributed by atoms with Gasteiger partial charge in [-0.05, 0) is 56.5 Å². The molecular formula is C20H27N3O4. The van der Waals surface area contributed by atoms with Crippen molar-refractivity contribution < 1.29 is 19.2 Å². The number of rotatable bonds is 5. The molecule has 1 fully saturated rings. The summed E-state index contributed by atoms with van der Waals surface area (Å²) in [7, 11) is 1.62. The summed E-state index contributed by atoms with van der Waals surface area (Å²) >= 11 is 0. The predicted molar refractivity (Wildman–Crippen MR) is 102 cm³/mol. The number of ether oxygens (including phenoxy) is 1. The molecule has 0 spiro atoms. The number of carbonyl (C=O) groups excluding carboxylic acids is 2. The third kappa shape index (κ3) is 4.59. The monoisotopic (exact) mass is 373 g/mol. The minimum Gasteiger partial charge on any atom is -0.497 e. The van der Waals surface area contributed by atoms with Crippen LogP contribution in [0.2, 0.25) is 0 Å². The Morgan fingerprint density at radius 3 is 2.48 bits per heavy atom. The van der Waals surface area contributed by atoms with Gasteiger partial charge in [-0.15, -0.1) is 0 Å². The number of hydrogen-bond donors (Lipinski definition) is 1. The molecule has 2 aliphatic rings. The van der Waals surface area contributed by atoms with E-state index < -0.39 is 6.10 Å². The van der Waals surface area contributed by atoms with Crippen molar-refractivity contribution in [1.82, 2.24) is 10.2 Å². The van der Waals surface area contributed by atoms with Crippen molar-refractivity contribution in [3.8, 4) is 5.75 Å². The van der Waals surface area contributed by atoms with E-state index >= 15 is 0 Å². The molecule has 3 rings (SSSR count). The number of piperidine rings is 1. The first kappa shape index (κ1) is 19.2. The van der Waals surface area contributed by atoms with E-state index in [1.807, 2.05) is 38.1 Å². The number of amides is 2. The van der Waals surface area contributed by atoms with Crippen LogP contribution in [0.25, 0.3) is 0 Å². The van der Waals surface area contributed by atoms with Crippen LogP contribution in [-0.4, -0.2) is 54.8 Å². The molecule has 2 heterocycles. The summed E-state index contributed by atoms with van der Waals surface area (Å²) in [4.78, 5) is 32.1. The summed E-state index contributed by atoms with van der Waals surface area (Å²) in [5.74, 6) is 0.784. The molecule has 0 aliphatic carbocycles. The molecule has 2 aliphatic heterocycles. The lowest BCUT2D eigenvalue weighted by Gasteiger charge is -2.32. The number of likely N-dealkylation sites (tertiary alicyclic amines) is 1. The average molecular weight is 373 g/mol. The first-order valence-corrected chi connectivity index (χ1v) is 9.44. The topological polar surface area (TPSA) is 80.2 Å². The molecule has 0 saturated carbocycles. The fraction of sp³-hybridized carbons (Fsp3) is 0.550. The van der Waals surface area contributed by atoms with E-state index in [1.165, 1.54) is 0 Å². The van der Waals surface area contributed by atoms with Crippen LogP contribution in [0.4, 0.5) is 0 Å². The predicted octanol–water partition coefficient (Wildman–Crippen LogP) is 1.95. The largest absolute Gasteiger partial charge is 0.497 e. The van der Waals surface area contributed by atoms with Gasteiger partial charge >= 0.3 is 0 Å². The van der Waals surface area contributed by atoms with Gasteiger partial charge < -0.3 is 19.8 Å². The molecule has 2 amide bonds. The van der Waals surface area contributed by atoms with Gasteiger partial charge in [0.25, 0.3) is 5.91 Å². The van der Waals surface area contributed by atoms with Gasteiger partial charge in [-0.1, -0.05) is 5.16 Å². The molecule has 0 aromatic heterocycles. The van der Waals surface area contributed by atoms with Crippen molar-refractivity contribution in [2.24, 2.45) is 11.1 Å². The Morgan fingerprint density at radius 1 is 1.22 bits per heavy atom. The van der Waals surface area contributed by atoms with Crippen molar-refractivity contribution in [2.45, 2.75) is 45.3 Å². The molecule has 0 radical (unpaired) electrons. The Morgan fingerprint density at radius 2 is 1.89 bits per heavy atom. The van der Waals surface area contributed by atoms with Gasteiger partial charge in [0.05, 0.1) is 12.8 Å². The lowest BCUT2D eigenvalue weighted by atomic mass is 9.95. The van der Waals surface area contributed by atoms with E-state index in [1.54, 1.807) is 12.0 Å². The van der Waals surface area contributed by atoms with E-state index in [9.17, 15) is 9.59 Å². The van der Waals surface area contributed by atoms with Crippen LogP contribution >= 0.6 is 0 Å². The Hall–Kier alpha value is -2.57.